The SMILES string of the molecule is CONCc1cc(F)c(C)c(Cl)c1. The van der Waals surface area contributed by atoms with Gasteiger partial charge in [-0.3, -0.25) is 0 Å². The molecule has 2 nitrogen and oxygen atoms in total. The number of hydroxylamine groups is 1. The van der Waals surface area contributed by atoms with Crippen LogP contribution >= 0.6 is 11.6 Å². The molecule has 0 atom stereocenters. The second-order valence-electron chi connectivity index (χ2n) is 2.71. The first-order valence-corrected chi connectivity index (χ1v) is 4.23. The highest BCUT2D eigenvalue weighted by atomic mass is 35.5. The van der Waals surface area contributed by atoms with Crippen LogP contribution in [0.5, 0.6) is 0 Å². The average Bonchev–Trinajstić information content (AvgIpc) is 2.10. The lowest BCUT2D eigenvalue weighted by molar-refractivity contribution is 0.0866. The van der Waals surface area contributed by atoms with E-state index in [2.05, 4.69) is 10.3 Å². The molecule has 0 amide bonds. The quantitative estimate of drug-likeness (QED) is 0.762. The van der Waals surface area contributed by atoms with E-state index in [1.165, 1.54) is 13.2 Å². The van der Waals surface area contributed by atoms with Gasteiger partial charge in [0, 0.05) is 17.1 Å². The third-order valence-electron chi connectivity index (χ3n) is 1.76. The van der Waals surface area contributed by atoms with Crippen LogP contribution < -0.4 is 5.48 Å². The van der Waals surface area contributed by atoms with Gasteiger partial charge in [-0.05, 0) is 24.6 Å². The number of nitrogens with one attached hydrogen (secondary N) is 1. The zero-order valence-corrected chi connectivity index (χ0v) is 8.28. The minimum Gasteiger partial charge on any atom is -0.305 e. The summed E-state index contributed by atoms with van der Waals surface area (Å²) in [5.41, 5.74) is 3.85. The molecule has 1 aromatic carbocycles. The van der Waals surface area contributed by atoms with Crippen LogP contribution in [0.25, 0.3) is 0 Å². The van der Waals surface area contributed by atoms with Crippen molar-refractivity contribution < 1.29 is 9.23 Å². The lowest BCUT2D eigenvalue weighted by atomic mass is 10.1. The van der Waals surface area contributed by atoms with Crippen molar-refractivity contribution in [2.45, 2.75) is 13.5 Å². The maximum atomic E-state index is 13.1. The Morgan fingerprint density at radius 1 is 1.54 bits per heavy atom. The van der Waals surface area contributed by atoms with Crippen molar-refractivity contribution in [3.8, 4) is 0 Å². The zero-order valence-electron chi connectivity index (χ0n) is 7.53. The number of hydrogen-bond donors (Lipinski definition) is 1. The van der Waals surface area contributed by atoms with E-state index in [9.17, 15) is 4.39 Å². The van der Waals surface area contributed by atoms with Crippen molar-refractivity contribution >= 4 is 11.6 Å². The maximum Gasteiger partial charge on any atom is 0.127 e. The highest BCUT2D eigenvalue weighted by molar-refractivity contribution is 6.31. The minimum absolute atomic E-state index is 0.291. The first-order valence-electron chi connectivity index (χ1n) is 3.85. The molecule has 0 aromatic heterocycles. The zero-order chi connectivity index (χ0) is 9.84. The molecule has 0 aliphatic carbocycles. The molecule has 13 heavy (non-hydrogen) atoms. The topological polar surface area (TPSA) is 21.3 Å². The summed E-state index contributed by atoms with van der Waals surface area (Å²) >= 11 is 5.79. The number of benzene rings is 1. The van der Waals surface area contributed by atoms with Gasteiger partial charge in [-0.15, -0.1) is 0 Å². The van der Waals surface area contributed by atoms with Gasteiger partial charge in [-0.25, -0.2) is 4.39 Å². The Bertz CT molecular complexity index is 281. The van der Waals surface area contributed by atoms with E-state index in [0.717, 1.165) is 5.56 Å². The van der Waals surface area contributed by atoms with Crippen molar-refractivity contribution in [1.82, 2.24) is 5.48 Å². The summed E-state index contributed by atoms with van der Waals surface area (Å²) in [6.07, 6.45) is 0. The lowest BCUT2D eigenvalue weighted by Crippen LogP contribution is -2.11. The van der Waals surface area contributed by atoms with E-state index in [0.29, 0.717) is 17.1 Å². The largest absolute Gasteiger partial charge is 0.305 e. The fourth-order valence-electron chi connectivity index (χ4n) is 0.955. The Morgan fingerprint density at radius 3 is 2.77 bits per heavy atom. The van der Waals surface area contributed by atoms with Crippen LogP contribution in [0.4, 0.5) is 4.39 Å². The van der Waals surface area contributed by atoms with Gasteiger partial charge in [0.05, 0.1) is 7.11 Å². The van der Waals surface area contributed by atoms with E-state index in [1.54, 1.807) is 13.0 Å². The standard InChI is InChI=1S/C9H11ClFNO/c1-6-8(10)3-7(4-9(6)11)5-12-13-2/h3-4,12H,5H2,1-2H3. The highest BCUT2D eigenvalue weighted by Crippen LogP contribution is 2.20. The summed E-state index contributed by atoms with van der Waals surface area (Å²) in [5.74, 6) is -0.291. The molecule has 0 unspecified atom stereocenters. The molecule has 0 heterocycles. The van der Waals surface area contributed by atoms with Gasteiger partial charge in [0.2, 0.25) is 0 Å². The smallest absolute Gasteiger partial charge is 0.127 e. The van der Waals surface area contributed by atoms with Gasteiger partial charge in [0.1, 0.15) is 5.82 Å². The second kappa shape index (κ2) is 4.56. The predicted octanol–water partition coefficient (Wildman–Crippen LogP) is 2.44. The van der Waals surface area contributed by atoms with E-state index in [4.69, 9.17) is 11.6 Å². The maximum absolute atomic E-state index is 13.1. The van der Waals surface area contributed by atoms with Crippen LogP contribution in [-0.4, -0.2) is 7.11 Å². The van der Waals surface area contributed by atoms with Crippen LogP contribution in [0.2, 0.25) is 5.02 Å². The summed E-state index contributed by atoms with van der Waals surface area (Å²) in [5, 5.41) is 0.438. The Morgan fingerprint density at radius 2 is 2.23 bits per heavy atom. The monoisotopic (exact) mass is 203 g/mol. The van der Waals surface area contributed by atoms with Gasteiger partial charge in [-0.1, -0.05) is 11.6 Å². The first-order chi connectivity index (χ1) is 6.15. The Hall–Kier alpha value is -0.640. The fraction of sp³-hybridized carbons (Fsp3) is 0.333. The van der Waals surface area contributed by atoms with Crippen molar-refractivity contribution in [2.75, 3.05) is 7.11 Å². The lowest BCUT2D eigenvalue weighted by Gasteiger charge is -2.05. The van der Waals surface area contributed by atoms with Crippen LogP contribution in [0.3, 0.4) is 0 Å². The summed E-state index contributed by atoms with van der Waals surface area (Å²) in [4.78, 5) is 4.64. The predicted molar refractivity (Wildman–Crippen MR) is 50.0 cm³/mol. The number of rotatable bonds is 3. The molecule has 0 saturated carbocycles. The Balaban J connectivity index is 2.86. The molecule has 72 valence electrons. The summed E-state index contributed by atoms with van der Waals surface area (Å²) < 4.78 is 13.1. The van der Waals surface area contributed by atoms with Gasteiger partial charge in [0.15, 0.2) is 0 Å². The summed E-state index contributed by atoms with van der Waals surface area (Å²) in [6, 6.07) is 3.15. The fourth-order valence-corrected chi connectivity index (χ4v) is 1.19. The van der Waals surface area contributed by atoms with Crippen molar-refractivity contribution in [3.05, 3.63) is 34.1 Å². The van der Waals surface area contributed by atoms with E-state index >= 15 is 0 Å². The molecule has 0 radical (unpaired) electrons. The molecule has 0 aliphatic rings. The molecule has 4 heteroatoms. The van der Waals surface area contributed by atoms with Crippen LogP contribution in [0.1, 0.15) is 11.1 Å². The molecular formula is C9H11ClFNO. The molecular weight excluding hydrogens is 193 g/mol. The van der Waals surface area contributed by atoms with Gasteiger partial charge in [0.25, 0.3) is 0 Å². The van der Waals surface area contributed by atoms with Crippen molar-refractivity contribution in [2.24, 2.45) is 0 Å². The molecule has 0 aliphatic heterocycles. The third kappa shape index (κ3) is 2.66. The molecule has 0 bridgehead atoms. The van der Waals surface area contributed by atoms with E-state index in [-0.39, 0.29) is 5.82 Å². The molecule has 0 fully saturated rings. The van der Waals surface area contributed by atoms with Crippen molar-refractivity contribution in [3.63, 3.8) is 0 Å². The molecule has 1 rings (SSSR count). The molecule has 1 aromatic rings. The normalized spacial score (nSPS) is 10.5. The molecule has 1 N–H and O–H groups in total. The number of halogens is 2. The minimum atomic E-state index is -0.291. The third-order valence-corrected chi connectivity index (χ3v) is 2.15. The Labute approximate surface area is 81.6 Å². The molecule has 0 saturated heterocycles. The molecule has 0 spiro atoms. The Kier molecular flexibility index (Phi) is 3.66. The van der Waals surface area contributed by atoms with E-state index < -0.39 is 0 Å². The number of hydrogen-bond acceptors (Lipinski definition) is 2. The highest BCUT2D eigenvalue weighted by Gasteiger charge is 2.04. The van der Waals surface area contributed by atoms with Crippen LogP contribution in [-0.2, 0) is 11.4 Å². The van der Waals surface area contributed by atoms with Gasteiger partial charge < -0.3 is 4.84 Å². The van der Waals surface area contributed by atoms with Crippen molar-refractivity contribution in [1.29, 1.82) is 0 Å². The van der Waals surface area contributed by atoms with Gasteiger partial charge in [-0.2, -0.15) is 5.48 Å². The average molecular weight is 204 g/mol. The summed E-state index contributed by atoms with van der Waals surface area (Å²) in [7, 11) is 1.51. The van der Waals surface area contributed by atoms with Crippen LogP contribution in [0, 0.1) is 12.7 Å². The summed E-state index contributed by atoms with van der Waals surface area (Å²) in [6.45, 7) is 2.08. The second-order valence-corrected chi connectivity index (χ2v) is 3.12. The van der Waals surface area contributed by atoms with E-state index in [1.807, 2.05) is 0 Å². The first kappa shape index (κ1) is 10.4. The van der Waals surface area contributed by atoms with Crippen LogP contribution in [0.15, 0.2) is 12.1 Å². The van der Waals surface area contributed by atoms with Gasteiger partial charge >= 0.3 is 0 Å².